The SMILES string of the molecule is CCc1ccc(NC(=O)CN2C(=O)C3CCCCN3c3ccc(C(=O)N4CCCC4)cc32)cc1. The van der Waals surface area contributed by atoms with E-state index < -0.39 is 0 Å². The van der Waals surface area contributed by atoms with Crippen molar-refractivity contribution in [3.8, 4) is 0 Å². The zero-order chi connectivity index (χ0) is 23.7. The molecule has 3 aliphatic rings. The third kappa shape index (κ3) is 4.27. The Morgan fingerprint density at radius 1 is 0.941 bits per heavy atom. The van der Waals surface area contributed by atoms with Gasteiger partial charge in [-0.1, -0.05) is 19.1 Å². The van der Waals surface area contributed by atoms with Crippen molar-refractivity contribution in [1.29, 1.82) is 0 Å². The van der Waals surface area contributed by atoms with E-state index in [0.717, 1.165) is 63.8 Å². The summed E-state index contributed by atoms with van der Waals surface area (Å²) in [5, 5.41) is 2.92. The molecule has 2 aromatic rings. The first-order valence-corrected chi connectivity index (χ1v) is 12.5. The summed E-state index contributed by atoms with van der Waals surface area (Å²) in [6.45, 7) is 4.36. The number of anilines is 3. The molecule has 0 bridgehead atoms. The summed E-state index contributed by atoms with van der Waals surface area (Å²) in [5.74, 6) is -0.313. The van der Waals surface area contributed by atoms with Gasteiger partial charge in [0.1, 0.15) is 12.6 Å². The van der Waals surface area contributed by atoms with Gasteiger partial charge in [0.25, 0.3) is 5.91 Å². The summed E-state index contributed by atoms with van der Waals surface area (Å²) < 4.78 is 0. The molecule has 0 spiro atoms. The van der Waals surface area contributed by atoms with Crippen LogP contribution in [0.25, 0.3) is 0 Å². The lowest BCUT2D eigenvalue weighted by atomic mass is 9.95. The van der Waals surface area contributed by atoms with Gasteiger partial charge in [-0.25, -0.2) is 0 Å². The molecule has 0 aromatic heterocycles. The van der Waals surface area contributed by atoms with Gasteiger partial charge in [-0.2, -0.15) is 0 Å². The average Bonchev–Trinajstić information content (AvgIpc) is 3.41. The van der Waals surface area contributed by atoms with Gasteiger partial charge in [0.15, 0.2) is 0 Å². The molecule has 2 saturated heterocycles. The molecule has 1 N–H and O–H groups in total. The van der Waals surface area contributed by atoms with Crippen LogP contribution in [0.3, 0.4) is 0 Å². The second-order valence-corrected chi connectivity index (χ2v) is 9.43. The maximum atomic E-state index is 13.5. The van der Waals surface area contributed by atoms with Crippen molar-refractivity contribution in [2.24, 2.45) is 0 Å². The zero-order valence-corrected chi connectivity index (χ0v) is 19.8. The normalized spacial score (nSPS) is 19.6. The number of aryl methyl sites for hydroxylation is 1. The second kappa shape index (κ2) is 9.49. The van der Waals surface area contributed by atoms with Crippen LogP contribution in [0.5, 0.6) is 0 Å². The summed E-state index contributed by atoms with van der Waals surface area (Å²) in [4.78, 5) is 45.2. The lowest BCUT2D eigenvalue weighted by Gasteiger charge is -2.45. The van der Waals surface area contributed by atoms with Gasteiger partial charge in [-0.3, -0.25) is 19.3 Å². The molecule has 0 saturated carbocycles. The van der Waals surface area contributed by atoms with E-state index in [1.54, 1.807) is 4.90 Å². The lowest BCUT2D eigenvalue weighted by molar-refractivity contribution is -0.123. The van der Waals surface area contributed by atoms with Crippen molar-refractivity contribution >= 4 is 34.8 Å². The highest BCUT2D eigenvalue weighted by Crippen LogP contribution is 2.40. The number of likely N-dealkylation sites (tertiary alicyclic amines) is 1. The number of hydrogen-bond donors (Lipinski definition) is 1. The van der Waals surface area contributed by atoms with Crippen molar-refractivity contribution in [2.75, 3.05) is 41.3 Å². The maximum Gasteiger partial charge on any atom is 0.253 e. The molecule has 0 radical (unpaired) electrons. The predicted molar refractivity (Wildman–Crippen MR) is 133 cm³/mol. The minimum absolute atomic E-state index is 0.00562. The molecular formula is C27H32N4O3. The number of hydrogen-bond acceptors (Lipinski definition) is 4. The van der Waals surface area contributed by atoms with E-state index in [2.05, 4.69) is 17.1 Å². The number of piperidine rings is 1. The Morgan fingerprint density at radius 3 is 2.41 bits per heavy atom. The molecule has 3 amide bonds. The minimum atomic E-state index is -0.252. The van der Waals surface area contributed by atoms with E-state index in [0.29, 0.717) is 16.9 Å². The molecule has 3 heterocycles. The van der Waals surface area contributed by atoms with Crippen molar-refractivity contribution in [1.82, 2.24) is 4.90 Å². The van der Waals surface area contributed by atoms with Crippen LogP contribution in [0, 0.1) is 0 Å². The van der Waals surface area contributed by atoms with Gasteiger partial charge in [-0.05, 0) is 74.4 Å². The summed E-state index contributed by atoms with van der Waals surface area (Å²) in [6.07, 6.45) is 5.79. The average molecular weight is 461 g/mol. The van der Waals surface area contributed by atoms with Crippen molar-refractivity contribution < 1.29 is 14.4 Å². The Hall–Kier alpha value is -3.35. The van der Waals surface area contributed by atoms with Crippen molar-refractivity contribution in [3.05, 3.63) is 53.6 Å². The van der Waals surface area contributed by atoms with Gasteiger partial charge in [0.2, 0.25) is 11.8 Å². The number of carbonyl (C=O) groups excluding carboxylic acids is 3. The summed E-state index contributed by atoms with van der Waals surface area (Å²) in [7, 11) is 0. The Labute approximate surface area is 200 Å². The van der Waals surface area contributed by atoms with Crippen LogP contribution in [-0.4, -0.2) is 54.8 Å². The Kier molecular flexibility index (Phi) is 6.26. The van der Waals surface area contributed by atoms with Crippen LogP contribution in [0.4, 0.5) is 17.1 Å². The second-order valence-electron chi connectivity index (χ2n) is 9.43. The minimum Gasteiger partial charge on any atom is -0.358 e. The van der Waals surface area contributed by atoms with Gasteiger partial charge in [0.05, 0.1) is 11.4 Å². The first kappa shape index (κ1) is 22.4. The predicted octanol–water partition coefficient (Wildman–Crippen LogP) is 3.83. The Morgan fingerprint density at radius 2 is 1.68 bits per heavy atom. The lowest BCUT2D eigenvalue weighted by Crippen LogP contribution is -2.56. The highest BCUT2D eigenvalue weighted by Gasteiger charge is 2.40. The number of nitrogens with zero attached hydrogens (tertiary/aromatic N) is 3. The molecule has 7 heteroatoms. The van der Waals surface area contributed by atoms with Gasteiger partial charge in [0, 0.05) is 30.9 Å². The van der Waals surface area contributed by atoms with Crippen molar-refractivity contribution in [2.45, 2.75) is 51.5 Å². The third-order valence-corrected chi connectivity index (χ3v) is 7.22. The first-order chi connectivity index (χ1) is 16.5. The number of rotatable bonds is 5. The number of amides is 3. The summed E-state index contributed by atoms with van der Waals surface area (Å²) in [6, 6.07) is 13.1. The summed E-state index contributed by atoms with van der Waals surface area (Å²) >= 11 is 0. The van der Waals surface area contributed by atoms with Crippen LogP contribution in [0.15, 0.2) is 42.5 Å². The van der Waals surface area contributed by atoms with Crippen LogP contribution < -0.4 is 15.1 Å². The molecule has 178 valence electrons. The molecule has 2 aromatic carbocycles. The van der Waals surface area contributed by atoms with Gasteiger partial charge >= 0.3 is 0 Å². The fourth-order valence-electron chi connectivity index (χ4n) is 5.32. The van der Waals surface area contributed by atoms with Crippen LogP contribution in [-0.2, 0) is 16.0 Å². The van der Waals surface area contributed by atoms with E-state index in [9.17, 15) is 14.4 Å². The van der Waals surface area contributed by atoms with Gasteiger partial charge < -0.3 is 15.1 Å². The Balaban J connectivity index is 1.43. The van der Waals surface area contributed by atoms with Gasteiger partial charge in [-0.15, -0.1) is 0 Å². The molecule has 1 atom stereocenters. The van der Waals surface area contributed by atoms with E-state index in [4.69, 9.17) is 0 Å². The molecule has 5 rings (SSSR count). The maximum absolute atomic E-state index is 13.5. The van der Waals surface area contributed by atoms with E-state index in [-0.39, 0.29) is 30.3 Å². The molecule has 2 fully saturated rings. The number of carbonyl (C=O) groups is 3. The molecule has 3 aliphatic heterocycles. The zero-order valence-electron chi connectivity index (χ0n) is 19.8. The van der Waals surface area contributed by atoms with Crippen LogP contribution in [0.2, 0.25) is 0 Å². The van der Waals surface area contributed by atoms with E-state index in [1.165, 1.54) is 5.56 Å². The molecule has 7 nitrogen and oxygen atoms in total. The quantitative estimate of drug-likeness (QED) is 0.736. The van der Waals surface area contributed by atoms with E-state index in [1.807, 2.05) is 47.4 Å². The number of fused-ring (bicyclic) bond motifs is 3. The fraction of sp³-hybridized carbons (Fsp3) is 0.444. The largest absolute Gasteiger partial charge is 0.358 e. The highest BCUT2D eigenvalue weighted by molar-refractivity contribution is 6.11. The monoisotopic (exact) mass is 460 g/mol. The van der Waals surface area contributed by atoms with Crippen molar-refractivity contribution in [3.63, 3.8) is 0 Å². The number of benzene rings is 2. The number of nitrogens with one attached hydrogen (secondary N) is 1. The third-order valence-electron chi connectivity index (χ3n) is 7.22. The molecule has 1 unspecified atom stereocenters. The first-order valence-electron chi connectivity index (χ1n) is 12.5. The molecular weight excluding hydrogens is 428 g/mol. The molecule has 0 aliphatic carbocycles. The van der Waals surface area contributed by atoms with Crippen LogP contribution in [0.1, 0.15) is 54.9 Å². The smallest absolute Gasteiger partial charge is 0.253 e. The van der Waals surface area contributed by atoms with Crippen LogP contribution >= 0.6 is 0 Å². The standard InChI is InChI=1S/C27H32N4O3/c1-2-19-8-11-21(12-9-19)28-25(32)18-31-24-17-20(26(33)29-14-5-6-15-29)10-13-22(24)30-16-4-3-7-23(30)27(31)34/h8-13,17,23H,2-7,14-16,18H2,1H3,(H,28,32). The molecule has 34 heavy (non-hydrogen) atoms. The summed E-state index contributed by atoms with van der Waals surface area (Å²) in [5.41, 5.74) is 4.08. The highest BCUT2D eigenvalue weighted by atomic mass is 16.2. The topological polar surface area (TPSA) is 73.0 Å². The fourth-order valence-corrected chi connectivity index (χ4v) is 5.32. The van der Waals surface area contributed by atoms with E-state index >= 15 is 0 Å². The Bertz CT molecular complexity index is 1090.